The van der Waals surface area contributed by atoms with Gasteiger partial charge in [-0.05, 0) is 235 Å². The summed E-state index contributed by atoms with van der Waals surface area (Å²) in [5, 5.41) is 7.76. The lowest BCUT2D eigenvalue weighted by molar-refractivity contribution is 0.477. The van der Waals surface area contributed by atoms with Crippen molar-refractivity contribution in [3.05, 3.63) is 417 Å². The van der Waals surface area contributed by atoms with Crippen LogP contribution in [0.2, 0.25) is 0 Å². The Balaban J connectivity index is 0.000000132. The molecule has 0 spiro atoms. The van der Waals surface area contributed by atoms with Gasteiger partial charge in [0, 0.05) is 92.9 Å². The van der Waals surface area contributed by atoms with Crippen molar-refractivity contribution in [2.75, 3.05) is 19.6 Å². The van der Waals surface area contributed by atoms with Crippen LogP contribution in [0, 0.1) is 0 Å². The second kappa shape index (κ2) is 26.9. The summed E-state index contributed by atoms with van der Waals surface area (Å²) in [5.41, 5.74) is 19.5. The van der Waals surface area contributed by atoms with E-state index in [1.54, 1.807) is 0 Å². The average molecular weight is 1650 g/mol. The largest absolute Gasteiger partial charge is 0.456 e. The molecule has 0 fully saturated rings. The monoisotopic (exact) mass is 1650 g/mol. The Bertz CT molecular complexity index is 8700. The lowest BCUT2D eigenvalue weighted by Crippen LogP contribution is -2.18. The standard InChI is InChI=1S/2C56H31N3O5/c60-54-38-30-33(57-44-15-2-7-20-49(44)62-50-21-8-3-16-45(50)57)24-26-42(38)59-43-27-25-34(58-46-17-4-9-22-51(46)63-52-23-10-5-18-47(52)58)31-39(43)55(61)41-29-32(28-40(54)53(41)59)35-13-11-14-37-36-12-1-6-19-48(36)64-56(35)37;60-55-38-30-34(57-44-12-2-7-17-50(44)63-51-18-8-3-13-45(51)57)22-24-42(38)59-43-25-23-35(58-46-14-4-9-19-52(46)64-53-20-10-5-15-47(53)58)31-39(43)56(61)41-29-33(28-40(55)54(41)59)32-21-26-49-37(27-32)36-11-1-6-16-48(36)62-49/h2*1-31H. The number of aromatic nitrogens is 2. The molecule has 4 aliphatic rings. The molecule has 0 aliphatic carbocycles. The second-order valence-electron chi connectivity index (χ2n) is 32.7. The molecule has 0 saturated carbocycles. The van der Waals surface area contributed by atoms with Gasteiger partial charge in [0.15, 0.2) is 67.7 Å². The number of pyridine rings is 4. The SMILES string of the molecule is O=c1c2cc(N3c4ccccc4Oc4ccccc43)ccc2n2c3ccc(N4c5ccccc5Oc5ccccc54)cc3c(=O)c3cc(-c4ccc5oc6ccccc6c5c4)cc1c32.O=c1c2cc(N3c4ccccc4Oc4ccccc43)ccc2n2c3ccc(N4c5ccccc5Oc5ccccc54)cc3c(=O)c3cc(-c4cccc5c4oc4ccccc45)cc1c32. The first-order chi connectivity index (χ1) is 63.1. The van der Waals surface area contributed by atoms with Crippen molar-refractivity contribution in [1.29, 1.82) is 0 Å². The van der Waals surface area contributed by atoms with Crippen LogP contribution in [0.1, 0.15) is 0 Å². The lowest BCUT2D eigenvalue weighted by Gasteiger charge is -2.33. The molecule has 24 aromatic rings. The van der Waals surface area contributed by atoms with Crippen LogP contribution in [0.15, 0.2) is 404 Å². The number of furan rings is 2. The van der Waals surface area contributed by atoms with Gasteiger partial charge in [0.1, 0.15) is 22.3 Å². The zero-order valence-electron chi connectivity index (χ0n) is 67.6. The molecule has 28 rings (SSSR count). The van der Waals surface area contributed by atoms with Gasteiger partial charge in [-0.3, -0.25) is 19.2 Å². The minimum Gasteiger partial charge on any atom is -0.456 e. The van der Waals surface area contributed by atoms with Crippen LogP contribution in [0.4, 0.5) is 68.2 Å². The van der Waals surface area contributed by atoms with E-state index in [9.17, 15) is 0 Å². The highest BCUT2D eigenvalue weighted by atomic mass is 16.5. The molecule has 128 heavy (non-hydrogen) atoms. The number of hydrogen-bond donors (Lipinski definition) is 0. The van der Waals surface area contributed by atoms with Gasteiger partial charge in [0.2, 0.25) is 0 Å². The third kappa shape index (κ3) is 10.3. The number of fused-ring (bicyclic) bond motifs is 22. The Morgan fingerprint density at radius 2 is 0.461 bits per heavy atom. The molecule has 0 N–H and O–H groups in total. The van der Waals surface area contributed by atoms with Crippen LogP contribution in [0.5, 0.6) is 46.0 Å². The topological polar surface area (TPSA) is 153 Å². The molecular weight excluding hydrogens is 1590 g/mol. The van der Waals surface area contributed by atoms with Crippen LogP contribution >= 0.6 is 0 Å². The first kappa shape index (κ1) is 70.9. The quantitative estimate of drug-likeness (QED) is 0.115. The molecular formula is C112H62N6O10. The first-order valence-corrected chi connectivity index (χ1v) is 42.3. The van der Waals surface area contributed by atoms with Gasteiger partial charge in [-0.15, -0.1) is 0 Å². The van der Waals surface area contributed by atoms with Gasteiger partial charge in [-0.1, -0.05) is 158 Å². The van der Waals surface area contributed by atoms with E-state index >= 15 is 19.2 Å². The average Bonchev–Trinajstić information content (AvgIpc) is 0.773. The normalized spacial score (nSPS) is 13.0. The number of nitrogens with zero attached hydrogens (tertiary/aromatic N) is 6. The fraction of sp³-hybridized carbons (Fsp3) is 0. The van der Waals surface area contributed by atoms with E-state index in [1.807, 2.05) is 370 Å². The van der Waals surface area contributed by atoms with E-state index < -0.39 is 0 Å². The Morgan fingerprint density at radius 1 is 0.188 bits per heavy atom. The molecule has 16 heteroatoms. The van der Waals surface area contributed by atoms with Crippen LogP contribution in [-0.2, 0) is 0 Å². The molecule has 0 unspecified atom stereocenters. The van der Waals surface area contributed by atoms with E-state index in [2.05, 4.69) is 34.5 Å². The highest BCUT2D eigenvalue weighted by molar-refractivity contribution is 6.16. The lowest BCUT2D eigenvalue weighted by atomic mass is 9.95. The summed E-state index contributed by atoms with van der Waals surface area (Å²) < 4.78 is 42.3. The molecule has 6 aromatic heterocycles. The second-order valence-corrected chi connectivity index (χ2v) is 32.7. The van der Waals surface area contributed by atoms with Crippen LogP contribution in [0.25, 0.3) is 142 Å². The van der Waals surface area contributed by atoms with Gasteiger partial charge < -0.3 is 56.2 Å². The van der Waals surface area contributed by atoms with E-state index in [-0.39, 0.29) is 21.7 Å². The zero-order valence-corrected chi connectivity index (χ0v) is 67.6. The first-order valence-electron chi connectivity index (χ1n) is 42.3. The molecule has 600 valence electrons. The molecule has 0 radical (unpaired) electrons. The fourth-order valence-electron chi connectivity index (χ4n) is 20.1. The maximum Gasteiger partial charge on any atom is 0.197 e. The van der Waals surface area contributed by atoms with Gasteiger partial charge >= 0.3 is 0 Å². The zero-order chi connectivity index (χ0) is 84.4. The minimum absolute atomic E-state index is 0.162. The third-order valence-electron chi connectivity index (χ3n) is 25.7. The molecule has 0 amide bonds. The fourth-order valence-corrected chi connectivity index (χ4v) is 20.1. The van der Waals surface area contributed by atoms with E-state index in [1.165, 1.54) is 0 Å². The Hall–Kier alpha value is -17.8. The molecule has 4 aliphatic heterocycles. The van der Waals surface area contributed by atoms with Gasteiger partial charge in [-0.25, -0.2) is 0 Å². The molecule has 10 heterocycles. The summed E-state index contributed by atoms with van der Waals surface area (Å²) in [4.78, 5) is 69.9. The Labute approximate surface area is 725 Å². The Kier molecular flexibility index (Phi) is 14.9. The van der Waals surface area contributed by atoms with Crippen molar-refractivity contribution in [1.82, 2.24) is 8.80 Å². The van der Waals surface area contributed by atoms with Crippen molar-refractivity contribution < 1.29 is 27.8 Å². The molecule has 0 saturated heterocycles. The number of para-hydroxylation sites is 19. The van der Waals surface area contributed by atoms with Gasteiger partial charge in [0.05, 0.1) is 78.6 Å². The van der Waals surface area contributed by atoms with Crippen molar-refractivity contribution in [3.63, 3.8) is 0 Å². The van der Waals surface area contributed by atoms with E-state index in [4.69, 9.17) is 27.8 Å². The van der Waals surface area contributed by atoms with Crippen LogP contribution in [0.3, 0.4) is 0 Å². The smallest absolute Gasteiger partial charge is 0.197 e. The van der Waals surface area contributed by atoms with Crippen molar-refractivity contribution in [3.8, 4) is 68.2 Å². The summed E-state index contributed by atoms with van der Waals surface area (Å²) in [5.74, 6) is 5.75. The number of ether oxygens (including phenoxy) is 4. The Morgan fingerprint density at radius 3 is 0.805 bits per heavy atom. The minimum atomic E-state index is -0.174. The number of anilines is 12. The number of benzene rings is 18. The molecule has 0 bridgehead atoms. The highest BCUT2D eigenvalue weighted by Gasteiger charge is 2.34. The summed E-state index contributed by atoms with van der Waals surface area (Å²) in [7, 11) is 0. The maximum absolute atomic E-state index is 15.3. The predicted octanol–water partition coefficient (Wildman–Crippen LogP) is 28.5. The number of rotatable bonds is 6. The van der Waals surface area contributed by atoms with Gasteiger partial charge in [-0.2, -0.15) is 0 Å². The van der Waals surface area contributed by atoms with Crippen molar-refractivity contribution in [2.24, 2.45) is 0 Å². The van der Waals surface area contributed by atoms with E-state index in [0.717, 1.165) is 169 Å². The molecule has 16 nitrogen and oxygen atoms in total. The third-order valence-corrected chi connectivity index (χ3v) is 25.7. The van der Waals surface area contributed by atoms with Crippen LogP contribution in [-0.4, -0.2) is 8.80 Å². The highest BCUT2D eigenvalue weighted by Crippen LogP contribution is 2.56. The molecule has 18 aromatic carbocycles. The summed E-state index contributed by atoms with van der Waals surface area (Å²) in [6.45, 7) is 0. The maximum atomic E-state index is 15.3. The number of hydrogen-bond acceptors (Lipinski definition) is 14. The van der Waals surface area contributed by atoms with Crippen LogP contribution < -0.4 is 60.3 Å². The predicted molar refractivity (Wildman–Crippen MR) is 512 cm³/mol. The van der Waals surface area contributed by atoms with E-state index in [0.29, 0.717) is 87.3 Å². The van der Waals surface area contributed by atoms with Gasteiger partial charge in [0.25, 0.3) is 0 Å². The van der Waals surface area contributed by atoms with Crippen molar-refractivity contribution >= 4 is 188 Å². The summed E-state index contributed by atoms with van der Waals surface area (Å²) >= 11 is 0. The van der Waals surface area contributed by atoms with Crippen molar-refractivity contribution in [2.45, 2.75) is 0 Å². The molecule has 0 atom stereocenters. The summed E-state index contributed by atoms with van der Waals surface area (Å²) in [6, 6.07) is 123. The summed E-state index contributed by atoms with van der Waals surface area (Å²) in [6.07, 6.45) is 0.